The number of carbonyl (C=O) groups is 2. The third-order valence-corrected chi connectivity index (χ3v) is 13.4. The van der Waals surface area contributed by atoms with Crippen LogP contribution in [0.5, 0.6) is 0 Å². The van der Waals surface area contributed by atoms with E-state index in [2.05, 4.69) is 38.2 Å². The number of carbonyl (C=O) groups excluding carboxylic acids is 2. The highest BCUT2D eigenvalue weighted by Crippen LogP contribution is 2.26. The normalized spacial score (nSPS) is 20.1. The average molecular weight is 952 g/mol. The first-order valence-corrected chi connectivity index (χ1v) is 28.1. The second kappa shape index (κ2) is 45.3. The summed E-state index contributed by atoms with van der Waals surface area (Å²) in [5.41, 5.74) is 0. The number of hydrogen-bond acceptors (Lipinski definition) is 10. The SMILES string of the molecule is CCCCCCCCC/C=C\CCCCCC(=O)OC1C(OCC(NC(=O)C(O)CCCCCCCCCCCCCC)C(O)/C=C/CCCCCCCCCCCC)OC(CO)C(O)C1O. The van der Waals surface area contributed by atoms with E-state index in [4.69, 9.17) is 14.2 Å². The van der Waals surface area contributed by atoms with E-state index >= 15 is 0 Å². The number of unbranched alkanes of at least 4 members (excludes halogenated alkanes) is 31. The van der Waals surface area contributed by atoms with Crippen molar-refractivity contribution in [3.63, 3.8) is 0 Å². The summed E-state index contributed by atoms with van der Waals surface area (Å²) in [6, 6.07) is -1.02. The summed E-state index contributed by atoms with van der Waals surface area (Å²) in [5, 5.41) is 56.7. The van der Waals surface area contributed by atoms with Gasteiger partial charge in [-0.25, -0.2) is 0 Å². The van der Waals surface area contributed by atoms with Gasteiger partial charge in [-0.15, -0.1) is 0 Å². The number of allylic oxidation sites excluding steroid dienone is 3. The highest BCUT2D eigenvalue weighted by molar-refractivity contribution is 5.80. The Hall–Kier alpha value is -1.86. The molecule has 6 N–H and O–H groups in total. The van der Waals surface area contributed by atoms with Gasteiger partial charge in [0.2, 0.25) is 5.91 Å². The van der Waals surface area contributed by atoms with Gasteiger partial charge in [0, 0.05) is 6.42 Å². The second-order valence-corrected chi connectivity index (χ2v) is 19.7. The lowest BCUT2D eigenvalue weighted by Gasteiger charge is -2.41. The molecule has 1 fully saturated rings. The van der Waals surface area contributed by atoms with Crippen LogP contribution in [-0.2, 0) is 23.8 Å². The summed E-state index contributed by atoms with van der Waals surface area (Å²) in [4.78, 5) is 26.4. The number of hydrogen-bond donors (Lipinski definition) is 6. The van der Waals surface area contributed by atoms with E-state index in [1.165, 1.54) is 148 Å². The van der Waals surface area contributed by atoms with Crippen molar-refractivity contribution in [2.75, 3.05) is 13.2 Å². The molecular formula is C56H105NO10. The number of ether oxygens (including phenoxy) is 3. The van der Waals surface area contributed by atoms with E-state index in [1.807, 2.05) is 6.08 Å². The first-order chi connectivity index (χ1) is 32.7. The molecule has 8 unspecified atom stereocenters. The monoisotopic (exact) mass is 952 g/mol. The predicted octanol–water partition coefficient (Wildman–Crippen LogP) is 12.2. The Balaban J connectivity index is 2.76. The van der Waals surface area contributed by atoms with E-state index in [0.717, 1.165) is 64.2 Å². The molecule has 1 rings (SSSR count). The largest absolute Gasteiger partial charge is 0.454 e. The predicted molar refractivity (Wildman–Crippen MR) is 274 cm³/mol. The fourth-order valence-electron chi connectivity index (χ4n) is 8.82. The Labute approximate surface area is 410 Å². The molecule has 8 atom stereocenters. The summed E-state index contributed by atoms with van der Waals surface area (Å²) in [5.74, 6) is -1.20. The minimum atomic E-state index is -1.61. The minimum Gasteiger partial charge on any atom is -0.454 e. The lowest BCUT2D eigenvalue weighted by Crippen LogP contribution is -2.61. The third-order valence-electron chi connectivity index (χ3n) is 13.4. The molecule has 0 aromatic heterocycles. The molecule has 11 heteroatoms. The van der Waals surface area contributed by atoms with Gasteiger partial charge in [0.1, 0.15) is 24.4 Å². The Kier molecular flexibility index (Phi) is 42.7. The molecule has 0 aliphatic carbocycles. The van der Waals surface area contributed by atoms with Crippen LogP contribution in [-0.4, -0.2) is 99.6 Å². The maximum atomic E-state index is 13.3. The Morgan fingerprint density at radius 3 is 1.45 bits per heavy atom. The van der Waals surface area contributed by atoms with Gasteiger partial charge in [-0.1, -0.05) is 225 Å². The molecule has 0 aromatic carbocycles. The number of aliphatic hydroxyl groups is 5. The molecule has 1 amide bonds. The molecule has 0 bridgehead atoms. The van der Waals surface area contributed by atoms with Crippen molar-refractivity contribution < 1.29 is 49.3 Å². The average Bonchev–Trinajstić information content (AvgIpc) is 3.32. The molecule has 0 radical (unpaired) electrons. The van der Waals surface area contributed by atoms with Crippen molar-refractivity contribution in [2.24, 2.45) is 0 Å². The second-order valence-electron chi connectivity index (χ2n) is 19.7. The molecule has 1 aliphatic heterocycles. The lowest BCUT2D eigenvalue weighted by molar-refractivity contribution is -0.305. The van der Waals surface area contributed by atoms with Crippen LogP contribution in [0.1, 0.15) is 258 Å². The van der Waals surface area contributed by atoms with Crippen molar-refractivity contribution in [3.8, 4) is 0 Å². The Bertz CT molecular complexity index is 1180. The smallest absolute Gasteiger partial charge is 0.306 e. The lowest BCUT2D eigenvalue weighted by atomic mass is 9.99. The topological polar surface area (TPSA) is 175 Å². The molecule has 394 valence electrons. The molecule has 1 aliphatic rings. The van der Waals surface area contributed by atoms with E-state index < -0.39 is 67.4 Å². The highest BCUT2D eigenvalue weighted by atomic mass is 16.7. The van der Waals surface area contributed by atoms with Crippen LogP contribution in [0.3, 0.4) is 0 Å². The van der Waals surface area contributed by atoms with Crippen molar-refractivity contribution in [2.45, 2.75) is 307 Å². The fourth-order valence-corrected chi connectivity index (χ4v) is 8.82. The number of rotatable bonds is 47. The van der Waals surface area contributed by atoms with Gasteiger partial charge in [0.05, 0.1) is 25.4 Å². The van der Waals surface area contributed by atoms with Crippen molar-refractivity contribution in [3.05, 3.63) is 24.3 Å². The van der Waals surface area contributed by atoms with Crippen LogP contribution < -0.4 is 5.32 Å². The van der Waals surface area contributed by atoms with Crippen LogP contribution in [0.15, 0.2) is 24.3 Å². The van der Waals surface area contributed by atoms with Crippen LogP contribution >= 0.6 is 0 Å². The van der Waals surface area contributed by atoms with Gasteiger partial charge in [-0.2, -0.15) is 0 Å². The molecule has 11 nitrogen and oxygen atoms in total. The number of aliphatic hydroxyl groups excluding tert-OH is 5. The van der Waals surface area contributed by atoms with E-state index in [1.54, 1.807) is 6.08 Å². The highest BCUT2D eigenvalue weighted by Gasteiger charge is 2.47. The maximum Gasteiger partial charge on any atom is 0.306 e. The van der Waals surface area contributed by atoms with Crippen molar-refractivity contribution >= 4 is 11.9 Å². The van der Waals surface area contributed by atoms with Gasteiger partial charge < -0.3 is 45.1 Å². The molecule has 0 aromatic rings. The molecule has 1 saturated heterocycles. The first kappa shape index (κ1) is 63.2. The van der Waals surface area contributed by atoms with E-state index in [9.17, 15) is 35.1 Å². The molecular weight excluding hydrogens is 847 g/mol. The molecule has 67 heavy (non-hydrogen) atoms. The van der Waals surface area contributed by atoms with Crippen LogP contribution in [0.4, 0.5) is 0 Å². The van der Waals surface area contributed by atoms with Gasteiger partial charge in [-0.3, -0.25) is 9.59 Å². The molecule has 1 heterocycles. The van der Waals surface area contributed by atoms with Gasteiger partial charge in [0.25, 0.3) is 0 Å². The summed E-state index contributed by atoms with van der Waals surface area (Å²) in [6.45, 7) is 5.76. The van der Waals surface area contributed by atoms with Gasteiger partial charge in [0.15, 0.2) is 12.4 Å². The number of nitrogens with one attached hydrogen (secondary N) is 1. The van der Waals surface area contributed by atoms with E-state index in [-0.39, 0.29) is 13.0 Å². The maximum absolute atomic E-state index is 13.3. The van der Waals surface area contributed by atoms with E-state index in [0.29, 0.717) is 19.3 Å². The fraction of sp³-hybridized carbons (Fsp3) is 0.893. The van der Waals surface area contributed by atoms with Crippen LogP contribution in [0.25, 0.3) is 0 Å². The summed E-state index contributed by atoms with van der Waals surface area (Å²) >= 11 is 0. The number of amides is 1. The molecule has 0 spiro atoms. The standard InChI is InChI=1S/C56H105NO10/c1-4-7-10-13-16-19-22-25-26-29-32-35-38-41-44-51(61)67-54-53(63)52(62)50(45-58)66-56(54)65-46-47(48(59)42-39-36-33-30-27-23-20-17-14-11-8-5-2)57-55(64)49(60)43-40-37-34-31-28-24-21-18-15-12-9-6-3/h26,29,39,42,47-50,52-54,56,58-60,62-63H,4-25,27-28,30-38,40-41,43-46H2,1-3H3,(H,57,64)/b29-26-,42-39+. The van der Waals surface area contributed by atoms with Crippen LogP contribution in [0.2, 0.25) is 0 Å². The summed E-state index contributed by atoms with van der Waals surface area (Å²) < 4.78 is 17.5. The van der Waals surface area contributed by atoms with Gasteiger partial charge >= 0.3 is 5.97 Å². The van der Waals surface area contributed by atoms with Crippen molar-refractivity contribution in [1.82, 2.24) is 5.32 Å². The Morgan fingerprint density at radius 1 is 0.567 bits per heavy atom. The first-order valence-electron chi connectivity index (χ1n) is 28.1. The van der Waals surface area contributed by atoms with Crippen molar-refractivity contribution in [1.29, 1.82) is 0 Å². The number of esters is 1. The van der Waals surface area contributed by atoms with Gasteiger partial charge in [-0.05, 0) is 51.4 Å². The minimum absolute atomic E-state index is 0.107. The Morgan fingerprint density at radius 2 is 0.985 bits per heavy atom. The zero-order valence-corrected chi connectivity index (χ0v) is 43.3. The molecule has 0 saturated carbocycles. The zero-order chi connectivity index (χ0) is 49.0. The quantitative estimate of drug-likeness (QED) is 0.0196. The summed E-state index contributed by atoms with van der Waals surface area (Å²) in [7, 11) is 0. The zero-order valence-electron chi connectivity index (χ0n) is 43.3. The summed E-state index contributed by atoms with van der Waals surface area (Å²) in [6.07, 6.45) is 39.4. The van der Waals surface area contributed by atoms with Crippen LogP contribution in [0, 0.1) is 0 Å². The third kappa shape index (κ3) is 34.2.